The topological polar surface area (TPSA) is 61.4 Å². The van der Waals surface area contributed by atoms with E-state index in [1.165, 1.54) is 0 Å². The van der Waals surface area contributed by atoms with Crippen molar-refractivity contribution in [1.82, 2.24) is 5.32 Å². The first-order chi connectivity index (χ1) is 10.5. The molecule has 0 saturated carbocycles. The van der Waals surface area contributed by atoms with Crippen LogP contribution in [0.15, 0.2) is 48.5 Å². The van der Waals surface area contributed by atoms with Crippen molar-refractivity contribution in [3.05, 3.63) is 59.7 Å². The summed E-state index contributed by atoms with van der Waals surface area (Å²) in [5, 5.41) is 15.8. The van der Waals surface area contributed by atoms with E-state index in [0.717, 1.165) is 16.8 Å². The van der Waals surface area contributed by atoms with E-state index in [4.69, 9.17) is 0 Å². The van der Waals surface area contributed by atoms with Gasteiger partial charge in [0.15, 0.2) is 0 Å². The van der Waals surface area contributed by atoms with Crippen molar-refractivity contribution < 1.29 is 9.90 Å². The van der Waals surface area contributed by atoms with E-state index in [-0.39, 0.29) is 17.7 Å². The number of rotatable bonds is 6. The molecule has 2 aromatic carbocycles. The third kappa shape index (κ3) is 4.81. The Kier molecular flexibility index (Phi) is 5.42. The first-order valence-electron chi connectivity index (χ1n) is 7.43. The second-order valence-electron chi connectivity index (χ2n) is 5.58. The highest BCUT2D eigenvalue weighted by molar-refractivity contribution is 5.78. The summed E-state index contributed by atoms with van der Waals surface area (Å²) in [5.41, 5.74) is 2.78. The maximum absolute atomic E-state index is 11.7. The molecule has 0 unspecified atom stereocenters. The van der Waals surface area contributed by atoms with Gasteiger partial charge < -0.3 is 15.7 Å². The molecule has 0 aliphatic heterocycles. The summed E-state index contributed by atoms with van der Waals surface area (Å²) in [6, 6.07) is 15.2. The molecule has 0 spiro atoms. The van der Waals surface area contributed by atoms with Gasteiger partial charge in [-0.15, -0.1) is 0 Å². The SMILES string of the molecule is CC(C)NC(=O)Cc1ccc(NCc2ccccc2O)cc1. The van der Waals surface area contributed by atoms with E-state index in [2.05, 4.69) is 10.6 Å². The average molecular weight is 298 g/mol. The predicted molar refractivity (Wildman–Crippen MR) is 88.9 cm³/mol. The summed E-state index contributed by atoms with van der Waals surface area (Å²) in [6.45, 7) is 4.45. The highest BCUT2D eigenvalue weighted by atomic mass is 16.3. The van der Waals surface area contributed by atoms with Crippen molar-refractivity contribution in [2.24, 2.45) is 0 Å². The van der Waals surface area contributed by atoms with Crippen LogP contribution in [-0.4, -0.2) is 17.1 Å². The minimum absolute atomic E-state index is 0.0323. The molecule has 4 heteroatoms. The van der Waals surface area contributed by atoms with Crippen molar-refractivity contribution in [1.29, 1.82) is 0 Å². The number of carbonyl (C=O) groups is 1. The minimum Gasteiger partial charge on any atom is -0.508 e. The van der Waals surface area contributed by atoms with Crippen LogP contribution < -0.4 is 10.6 Å². The van der Waals surface area contributed by atoms with Crippen molar-refractivity contribution in [2.45, 2.75) is 32.9 Å². The molecule has 0 aliphatic rings. The van der Waals surface area contributed by atoms with Crippen molar-refractivity contribution in [3.63, 3.8) is 0 Å². The molecule has 22 heavy (non-hydrogen) atoms. The molecule has 0 atom stereocenters. The van der Waals surface area contributed by atoms with Crippen LogP contribution in [0.3, 0.4) is 0 Å². The summed E-state index contributed by atoms with van der Waals surface area (Å²) in [6.07, 6.45) is 0.387. The molecule has 2 aromatic rings. The van der Waals surface area contributed by atoms with Gasteiger partial charge in [0.1, 0.15) is 5.75 Å². The zero-order valence-electron chi connectivity index (χ0n) is 13.0. The molecule has 0 aliphatic carbocycles. The van der Waals surface area contributed by atoms with Gasteiger partial charge in [0.05, 0.1) is 6.42 Å². The molecule has 0 fully saturated rings. The number of hydrogen-bond acceptors (Lipinski definition) is 3. The molecule has 1 amide bonds. The van der Waals surface area contributed by atoms with Gasteiger partial charge in [-0.2, -0.15) is 0 Å². The average Bonchev–Trinajstić information content (AvgIpc) is 2.47. The number of benzene rings is 2. The third-order valence-electron chi connectivity index (χ3n) is 3.24. The number of aromatic hydroxyl groups is 1. The highest BCUT2D eigenvalue weighted by Crippen LogP contribution is 2.18. The van der Waals surface area contributed by atoms with E-state index >= 15 is 0 Å². The van der Waals surface area contributed by atoms with E-state index in [1.54, 1.807) is 12.1 Å². The molecule has 0 bridgehead atoms. The van der Waals surface area contributed by atoms with Crippen LogP contribution in [0.2, 0.25) is 0 Å². The van der Waals surface area contributed by atoms with Gasteiger partial charge in [-0.05, 0) is 37.6 Å². The second kappa shape index (κ2) is 7.50. The molecular weight excluding hydrogens is 276 g/mol. The first-order valence-corrected chi connectivity index (χ1v) is 7.43. The lowest BCUT2D eigenvalue weighted by Gasteiger charge is -2.10. The smallest absolute Gasteiger partial charge is 0.224 e. The van der Waals surface area contributed by atoms with E-state index in [9.17, 15) is 9.90 Å². The van der Waals surface area contributed by atoms with Crippen LogP contribution >= 0.6 is 0 Å². The van der Waals surface area contributed by atoms with Gasteiger partial charge >= 0.3 is 0 Å². The maximum Gasteiger partial charge on any atom is 0.224 e. The molecule has 3 N–H and O–H groups in total. The second-order valence-corrected chi connectivity index (χ2v) is 5.58. The summed E-state index contributed by atoms with van der Waals surface area (Å²) >= 11 is 0. The molecule has 0 radical (unpaired) electrons. The van der Waals surface area contributed by atoms with Crippen molar-refractivity contribution in [2.75, 3.05) is 5.32 Å². The number of nitrogens with one attached hydrogen (secondary N) is 2. The fraction of sp³-hybridized carbons (Fsp3) is 0.278. The Morgan fingerprint density at radius 2 is 1.77 bits per heavy atom. The quantitative estimate of drug-likeness (QED) is 0.768. The standard InChI is InChI=1S/C18H22N2O2/c1-13(2)20-18(22)11-14-7-9-16(10-8-14)19-12-15-5-3-4-6-17(15)21/h3-10,13,19,21H,11-12H2,1-2H3,(H,20,22). The van der Waals surface area contributed by atoms with Gasteiger partial charge in [-0.25, -0.2) is 0 Å². The molecular formula is C18H22N2O2. The van der Waals surface area contributed by atoms with Gasteiger partial charge in [0.25, 0.3) is 0 Å². The fourth-order valence-electron chi connectivity index (χ4n) is 2.16. The van der Waals surface area contributed by atoms with E-state index < -0.39 is 0 Å². The Bertz CT molecular complexity index is 621. The number of hydrogen-bond donors (Lipinski definition) is 3. The summed E-state index contributed by atoms with van der Waals surface area (Å²) in [4.78, 5) is 11.7. The van der Waals surface area contributed by atoms with Crippen molar-refractivity contribution in [3.8, 4) is 5.75 Å². The molecule has 4 nitrogen and oxygen atoms in total. The zero-order valence-corrected chi connectivity index (χ0v) is 13.0. The summed E-state index contributed by atoms with van der Waals surface area (Å²) in [5.74, 6) is 0.321. The first kappa shape index (κ1) is 15.9. The molecule has 0 aromatic heterocycles. The van der Waals surface area contributed by atoms with Crippen LogP contribution in [0, 0.1) is 0 Å². The molecule has 2 rings (SSSR count). The highest BCUT2D eigenvalue weighted by Gasteiger charge is 2.05. The Labute approximate surface area is 131 Å². The Balaban J connectivity index is 1.89. The fourth-order valence-corrected chi connectivity index (χ4v) is 2.16. The summed E-state index contributed by atoms with van der Waals surface area (Å²) in [7, 11) is 0. The molecule has 116 valence electrons. The lowest BCUT2D eigenvalue weighted by molar-refractivity contribution is -0.120. The van der Waals surface area contributed by atoms with Crippen LogP contribution in [0.1, 0.15) is 25.0 Å². The number of para-hydroxylation sites is 1. The Morgan fingerprint density at radius 1 is 1.09 bits per heavy atom. The lowest BCUT2D eigenvalue weighted by Crippen LogP contribution is -2.31. The summed E-state index contributed by atoms with van der Waals surface area (Å²) < 4.78 is 0. The van der Waals surface area contributed by atoms with Gasteiger partial charge in [-0.1, -0.05) is 30.3 Å². The number of anilines is 1. The van der Waals surface area contributed by atoms with Crippen LogP contribution in [0.5, 0.6) is 5.75 Å². The largest absolute Gasteiger partial charge is 0.508 e. The van der Waals surface area contributed by atoms with Crippen LogP contribution in [0.25, 0.3) is 0 Å². The number of phenols is 1. The van der Waals surface area contributed by atoms with E-state index in [1.807, 2.05) is 50.2 Å². The van der Waals surface area contributed by atoms with Crippen molar-refractivity contribution >= 4 is 11.6 Å². The van der Waals surface area contributed by atoms with Gasteiger partial charge in [-0.3, -0.25) is 4.79 Å². The number of carbonyl (C=O) groups excluding carboxylic acids is 1. The Hall–Kier alpha value is -2.49. The number of amides is 1. The normalized spacial score (nSPS) is 10.5. The zero-order chi connectivity index (χ0) is 15.9. The Morgan fingerprint density at radius 3 is 2.41 bits per heavy atom. The number of phenolic OH excluding ortho intramolecular Hbond substituents is 1. The molecule has 0 heterocycles. The van der Waals surface area contributed by atoms with Crippen LogP contribution in [0.4, 0.5) is 5.69 Å². The lowest BCUT2D eigenvalue weighted by atomic mass is 10.1. The third-order valence-corrected chi connectivity index (χ3v) is 3.24. The monoisotopic (exact) mass is 298 g/mol. The van der Waals surface area contributed by atoms with Crippen LogP contribution in [-0.2, 0) is 17.8 Å². The predicted octanol–water partition coefficient (Wildman–Crippen LogP) is 3.07. The van der Waals surface area contributed by atoms with Gasteiger partial charge in [0.2, 0.25) is 5.91 Å². The van der Waals surface area contributed by atoms with E-state index in [0.29, 0.717) is 13.0 Å². The molecule has 0 saturated heterocycles. The van der Waals surface area contributed by atoms with Gasteiger partial charge in [0, 0.05) is 23.8 Å². The maximum atomic E-state index is 11.7. The minimum atomic E-state index is 0.0323.